The van der Waals surface area contributed by atoms with Crippen LogP contribution in [0.3, 0.4) is 0 Å². The molecule has 1 heterocycles. The normalized spacial score (nSPS) is 15.2. The van der Waals surface area contributed by atoms with Crippen LogP contribution in [-0.2, 0) is 20.4 Å². The van der Waals surface area contributed by atoms with Crippen LogP contribution in [-0.4, -0.2) is 42.4 Å². The Hall–Kier alpha value is -1.90. The number of amides is 1. The van der Waals surface area contributed by atoms with E-state index in [1.54, 1.807) is 0 Å². The summed E-state index contributed by atoms with van der Waals surface area (Å²) >= 11 is 0. The molecule has 0 bridgehead atoms. The van der Waals surface area contributed by atoms with E-state index in [1.807, 2.05) is 0 Å². The number of hydrogen-bond acceptors (Lipinski definition) is 6. The maximum absolute atomic E-state index is 11.7. The van der Waals surface area contributed by atoms with Crippen molar-refractivity contribution in [1.29, 1.82) is 0 Å². The average Bonchev–Trinajstić information content (AvgIpc) is 2.93. The maximum atomic E-state index is 11.7. The summed E-state index contributed by atoms with van der Waals surface area (Å²) in [4.78, 5) is 21.9. The van der Waals surface area contributed by atoms with Gasteiger partial charge in [-0.15, -0.1) is 0 Å². The molecule has 0 spiro atoms. The number of rotatable bonds is 6. The van der Waals surface area contributed by atoms with Gasteiger partial charge in [-0.3, -0.25) is 4.79 Å². The zero-order valence-electron chi connectivity index (χ0n) is 9.83. The molecule has 1 fully saturated rings. The van der Waals surface area contributed by atoms with Gasteiger partial charge in [0.25, 0.3) is 0 Å². The van der Waals surface area contributed by atoms with Gasteiger partial charge in [0.2, 0.25) is 5.91 Å². The van der Waals surface area contributed by atoms with Crippen LogP contribution in [0.15, 0.2) is 10.6 Å². The summed E-state index contributed by atoms with van der Waals surface area (Å²) in [7, 11) is -3.70. The van der Waals surface area contributed by atoms with Crippen molar-refractivity contribution in [2.45, 2.75) is 24.6 Å². The molecule has 1 aliphatic carbocycles. The molecule has 1 amide bonds. The van der Waals surface area contributed by atoms with E-state index in [0.717, 1.165) is 18.9 Å². The molecule has 2 N–H and O–H groups in total. The van der Waals surface area contributed by atoms with Crippen LogP contribution in [0.5, 0.6) is 0 Å². The molecule has 2 rings (SSSR count). The van der Waals surface area contributed by atoms with Gasteiger partial charge < -0.3 is 14.9 Å². The number of carboxylic acid groups (broad SMARTS) is 1. The first-order valence-corrected chi connectivity index (χ1v) is 7.36. The quantitative estimate of drug-likeness (QED) is 0.726. The molecular weight excluding hydrogens is 276 g/mol. The van der Waals surface area contributed by atoms with E-state index in [-0.39, 0.29) is 17.5 Å². The van der Waals surface area contributed by atoms with Crippen molar-refractivity contribution in [2.24, 2.45) is 0 Å². The number of aromatic nitrogens is 1. The summed E-state index contributed by atoms with van der Waals surface area (Å²) in [6.07, 6.45) is 1.74. The van der Waals surface area contributed by atoms with E-state index >= 15 is 0 Å². The molecule has 1 aliphatic rings. The highest BCUT2D eigenvalue weighted by molar-refractivity contribution is 7.91. The first-order valence-electron chi connectivity index (χ1n) is 5.54. The summed E-state index contributed by atoms with van der Waals surface area (Å²) in [6, 6.07) is 1.12. The summed E-state index contributed by atoms with van der Waals surface area (Å²) < 4.78 is 28.0. The highest BCUT2D eigenvalue weighted by atomic mass is 32.2. The highest BCUT2D eigenvalue weighted by Crippen LogP contribution is 2.18. The van der Waals surface area contributed by atoms with Crippen molar-refractivity contribution in [2.75, 3.05) is 5.75 Å². The number of sulfone groups is 1. The van der Waals surface area contributed by atoms with Crippen molar-refractivity contribution in [3.05, 3.63) is 17.5 Å². The standard InChI is InChI=1S/C10H12N2O6S/c13-9(11-6-1-2-6)5-19(16,17)4-7-3-8(10(14)15)12-18-7/h3,6H,1-2,4-5H2,(H,11,13)(H,14,15). The fourth-order valence-corrected chi connectivity index (χ4v) is 2.60. The Kier molecular flexibility index (Phi) is 3.56. The van der Waals surface area contributed by atoms with E-state index in [0.29, 0.717) is 0 Å². The molecular formula is C10H12N2O6S. The molecule has 8 nitrogen and oxygen atoms in total. The van der Waals surface area contributed by atoms with Gasteiger partial charge >= 0.3 is 5.97 Å². The minimum Gasteiger partial charge on any atom is -0.476 e. The van der Waals surface area contributed by atoms with Gasteiger partial charge in [-0.2, -0.15) is 0 Å². The Morgan fingerprint density at radius 2 is 2.16 bits per heavy atom. The van der Waals surface area contributed by atoms with Crippen molar-refractivity contribution < 1.29 is 27.6 Å². The summed E-state index contributed by atoms with van der Waals surface area (Å²) in [5.74, 6) is -3.16. The van der Waals surface area contributed by atoms with Crippen molar-refractivity contribution in [1.82, 2.24) is 10.5 Å². The Morgan fingerprint density at radius 3 is 2.68 bits per heavy atom. The van der Waals surface area contributed by atoms with Crippen molar-refractivity contribution in [3.8, 4) is 0 Å². The first-order chi connectivity index (χ1) is 8.85. The lowest BCUT2D eigenvalue weighted by molar-refractivity contribution is -0.118. The van der Waals surface area contributed by atoms with Gasteiger partial charge in [-0.1, -0.05) is 5.16 Å². The van der Waals surface area contributed by atoms with E-state index < -0.39 is 33.2 Å². The van der Waals surface area contributed by atoms with E-state index in [1.165, 1.54) is 0 Å². The number of nitrogens with one attached hydrogen (secondary N) is 1. The van der Waals surface area contributed by atoms with Crippen LogP contribution in [0.25, 0.3) is 0 Å². The Bertz CT molecular complexity index is 601. The van der Waals surface area contributed by atoms with Crippen LogP contribution in [0.1, 0.15) is 29.1 Å². The maximum Gasteiger partial charge on any atom is 0.358 e. The van der Waals surface area contributed by atoms with Crippen molar-refractivity contribution in [3.63, 3.8) is 0 Å². The van der Waals surface area contributed by atoms with E-state index in [4.69, 9.17) is 5.11 Å². The number of hydrogen-bond donors (Lipinski definition) is 2. The minimum atomic E-state index is -3.70. The fraction of sp³-hybridized carbons (Fsp3) is 0.500. The predicted octanol–water partition coefficient (Wildman–Crippen LogP) is -0.434. The Labute approximate surface area is 108 Å². The summed E-state index contributed by atoms with van der Waals surface area (Å²) in [5.41, 5.74) is -0.368. The van der Waals surface area contributed by atoms with Crippen LogP contribution in [0, 0.1) is 0 Å². The molecule has 1 aromatic rings. The second-order valence-electron chi connectivity index (χ2n) is 4.36. The number of carbonyl (C=O) groups is 2. The van der Waals surface area contributed by atoms with Crippen molar-refractivity contribution >= 4 is 21.7 Å². The van der Waals surface area contributed by atoms with Gasteiger partial charge in [0.1, 0.15) is 11.5 Å². The van der Waals surface area contributed by atoms with Gasteiger partial charge in [0.15, 0.2) is 21.3 Å². The lowest BCUT2D eigenvalue weighted by Gasteiger charge is -2.03. The van der Waals surface area contributed by atoms with Gasteiger partial charge in [0, 0.05) is 12.1 Å². The lowest BCUT2D eigenvalue weighted by Crippen LogP contribution is -2.32. The molecule has 1 saturated carbocycles. The van der Waals surface area contributed by atoms with Gasteiger partial charge in [-0.05, 0) is 12.8 Å². The number of nitrogens with zero attached hydrogens (tertiary/aromatic N) is 1. The Balaban J connectivity index is 1.95. The zero-order chi connectivity index (χ0) is 14.0. The SMILES string of the molecule is O=C(CS(=O)(=O)Cc1cc(C(=O)O)no1)NC1CC1. The average molecular weight is 288 g/mol. The third kappa shape index (κ3) is 4.05. The van der Waals surface area contributed by atoms with Gasteiger partial charge in [-0.25, -0.2) is 13.2 Å². The number of aromatic carboxylic acids is 1. The third-order valence-electron chi connectivity index (χ3n) is 2.43. The summed E-state index contributed by atoms with van der Waals surface area (Å²) in [6.45, 7) is 0. The van der Waals surface area contributed by atoms with E-state index in [9.17, 15) is 18.0 Å². The highest BCUT2D eigenvalue weighted by Gasteiger charge is 2.26. The second-order valence-corrected chi connectivity index (χ2v) is 6.42. The molecule has 0 saturated heterocycles. The molecule has 9 heteroatoms. The molecule has 19 heavy (non-hydrogen) atoms. The fourth-order valence-electron chi connectivity index (χ4n) is 1.45. The second kappa shape index (κ2) is 5.00. The monoisotopic (exact) mass is 288 g/mol. The van der Waals surface area contributed by atoms with Crippen LogP contribution >= 0.6 is 0 Å². The molecule has 0 atom stereocenters. The molecule has 104 valence electrons. The third-order valence-corrected chi connectivity index (χ3v) is 3.86. The molecule has 0 unspecified atom stereocenters. The lowest BCUT2D eigenvalue weighted by atomic mass is 10.4. The minimum absolute atomic E-state index is 0.0894. The Morgan fingerprint density at radius 1 is 1.47 bits per heavy atom. The van der Waals surface area contributed by atoms with Crippen LogP contribution < -0.4 is 5.32 Å². The van der Waals surface area contributed by atoms with Gasteiger partial charge in [0.05, 0.1) is 0 Å². The summed E-state index contributed by atoms with van der Waals surface area (Å²) in [5, 5.41) is 14.4. The molecule has 1 aromatic heterocycles. The van der Waals surface area contributed by atoms with E-state index in [2.05, 4.69) is 15.0 Å². The largest absolute Gasteiger partial charge is 0.476 e. The molecule has 0 aliphatic heterocycles. The molecule has 0 radical (unpaired) electrons. The van der Waals surface area contributed by atoms with Crippen LogP contribution in [0.2, 0.25) is 0 Å². The van der Waals surface area contributed by atoms with Crippen LogP contribution in [0.4, 0.5) is 0 Å². The smallest absolute Gasteiger partial charge is 0.358 e. The first kappa shape index (κ1) is 13.5. The topological polar surface area (TPSA) is 127 Å². The molecule has 0 aromatic carbocycles. The predicted molar refractivity (Wildman–Crippen MR) is 62.1 cm³/mol. The zero-order valence-corrected chi connectivity index (χ0v) is 10.6. The number of carboxylic acids is 1. The number of carbonyl (C=O) groups excluding carboxylic acids is 1.